The van der Waals surface area contributed by atoms with E-state index in [1.807, 2.05) is 0 Å². The average molecular weight is 174 g/mol. The molecule has 1 fully saturated rings. The van der Waals surface area contributed by atoms with Crippen molar-refractivity contribution in [3.05, 3.63) is 0 Å². The van der Waals surface area contributed by atoms with Gasteiger partial charge in [0.1, 0.15) is 0 Å². The minimum Gasteiger partial charge on any atom is -0.394 e. The molecule has 0 aliphatic carbocycles. The summed E-state index contributed by atoms with van der Waals surface area (Å²) < 4.78 is 10.7. The minimum absolute atomic E-state index is 0.0499. The van der Waals surface area contributed by atoms with Gasteiger partial charge in [-0.05, 0) is 12.3 Å². The predicted octanol–water partition coefficient (Wildman–Crippen LogP) is 1.01. The van der Waals surface area contributed by atoms with Gasteiger partial charge in [0.2, 0.25) is 0 Å². The second-order valence-corrected chi connectivity index (χ2v) is 3.65. The van der Waals surface area contributed by atoms with Crippen LogP contribution in [0.25, 0.3) is 0 Å². The van der Waals surface area contributed by atoms with E-state index in [0.29, 0.717) is 11.8 Å². The molecule has 1 aliphatic heterocycles. The summed E-state index contributed by atoms with van der Waals surface area (Å²) in [4.78, 5) is 0. The Labute approximate surface area is 73.7 Å². The van der Waals surface area contributed by atoms with Gasteiger partial charge in [-0.3, -0.25) is 0 Å². The number of methoxy groups -OCH3 is 1. The lowest BCUT2D eigenvalue weighted by molar-refractivity contribution is -0.227. The van der Waals surface area contributed by atoms with Crippen LogP contribution in [0, 0.1) is 11.8 Å². The van der Waals surface area contributed by atoms with Crippen molar-refractivity contribution < 1.29 is 14.6 Å². The molecule has 0 aromatic carbocycles. The molecule has 1 aliphatic rings. The molecule has 0 bridgehead atoms. The van der Waals surface area contributed by atoms with Crippen molar-refractivity contribution in [3.63, 3.8) is 0 Å². The van der Waals surface area contributed by atoms with Crippen LogP contribution in [0.5, 0.6) is 0 Å². The first-order valence-corrected chi connectivity index (χ1v) is 4.48. The number of aliphatic hydroxyl groups is 1. The molecule has 3 heteroatoms. The zero-order chi connectivity index (χ0) is 9.14. The van der Waals surface area contributed by atoms with Gasteiger partial charge in [-0.15, -0.1) is 0 Å². The molecule has 0 amide bonds. The summed E-state index contributed by atoms with van der Waals surface area (Å²) in [6, 6.07) is 0. The zero-order valence-corrected chi connectivity index (χ0v) is 7.99. The first-order valence-electron chi connectivity index (χ1n) is 4.48. The third kappa shape index (κ3) is 1.97. The van der Waals surface area contributed by atoms with Crippen molar-refractivity contribution in [3.8, 4) is 0 Å². The second kappa shape index (κ2) is 4.21. The number of ether oxygens (including phenoxy) is 2. The zero-order valence-electron chi connectivity index (χ0n) is 7.99. The molecule has 1 saturated heterocycles. The van der Waals surface area contributed by atoms with Gasteiger partial charge in [0.15, 0.2) is 6.29 Å². The van der Waals surface area contributed by atoms with E-state index in [-0.39, 0.29) is 19.0 Å². The van der Waals surface area contributed by atoms with Crippen molar-refractivity contribution in [2.75, 3.05) is 13.7 Å². The molecule has 0 spiro atoms. The molecule has 1 heterocycles. The summed E-state index contributed by atoms with van der Waals surface area (Å²) in [5.74, 6) is 0.851. The van der Waals surface area contributed by atoms with Crippen LogP contribution in [0.3, 0.4) is 0 Å². The quantitative estimate of drug-likeness (QED) is 0.679. The molecule has 4 atom stereocenters. The van der Waals surface area contributed by atoms with Crippen molar-refractivity contribution in [2.45, 2.75) is 32.7 Å². The molecular weight excluding hydrogens is 156 g/mol. The SMILES string of the molecule is CO[C@H]1O[C@H](CO)[C@H](C)C[C@@H]1C. The second-order valence-electron chi connectivity index (χ2n) is 3.65. The van der Waals surface area contributed by atoms with Crippen LogP contribution in [-0.4, -0.2) is 31.2 Å². The molecular formula is C9H18O3. The average Bonchev–Trinajstić information content (AvgIpc) is 2.05. The van der Waals surface area contributed by atoms with Gasteiger partial charge < -0.3 is 14.6 Å². The minimum atomic E-state index is -0.140. The standard InChI is InChI=1S/C9H18O3/c1-6-4-7(2)9(11-3)12-8(6)5-10/h6-10H,4-5H2,1-3H3/t6-,7+,8-,9+/m1/s1. The summed E-state index contributed by atoms with van der Waals surface area (Å²) in [6.45, 7) is 4.30. The molecule has 1 N–H and O–H groups in total. The molecule has 0 unspecified atom stereocenters. The highest BCUT2D eigenvalue weighted by molar-refractivity contribution is 4.76. The number of hydrogen-bond donors (Lipinski definition) is 1. The smallest absolute Gasteiger partial charge is 0.160 e. The fourth-order valence-corrected chi connectivity index (χ4v) is 1.80. The van der Waals surface area contributed by atoms with Crippen LogP contribution in [0.2, 0.25) is 0 Å². The van der Waals surface area contributed by atoms with Gasteiger partial charge >= 0.3 is 0 Å². The third-order valence-electron chi connectivity index (χ3n) is 2.56. The number of aliphatic hydroxyl groups excluding tert-OH is 1. The Morgan fingerprint density at radius 2 is 2.08 bits per heavy atom. The highest BCUT2D eigenvalue weighted by Gasteiger charge is 2.32. The first kappa shape index (κ1) is 9.96. The Balaban J connectivity index is 2.50. The largest absolute Gasteiger partial charge is 0.394 e. The van der Waals surface area contributed by atoms with Crippen LogP contribution in [0.15, 0.2) is 0 Å². The van der Waals surface area contributed by atoms with Gasteiger partial charge in [-0.2, -0.15) is 0 Å². The Hall–Kier alpha value is -0.120. The lowest BCUT2D eigenvalue weighted by atomic mass is 9.89. The van der Waals surface area contributed by atoms with Crippen molar-refractivity contribution in [1.82, 2.24) is 0 Å². The fraction of sp³-hybridized carbons (Fsp3) is 1.00. The monoisotopic (exact) mass is 174 g/mol. The van der Waals surface area contributed by atoms with E-state index < -0.39 is 0 Å². The highest BCUT2D eigenvalue weighted by Crippen LogP contribution is 2.29. The first-order chi connectivity index (χ1) is 5.69. The van der Waals surface area contributed by atoms with E-state index in [1.165, 1.54) is 0 Å². The third-order valence-corrected chi connectivity index (χ3v) is 2.56. The van der Waals surface area contributed by atoms with E-state index in [1.54, 1.807) is 7.11 Å². The summed E-state index contributed by atoms with van der Waals surface area (Å²) in [6.07, 6.45) is 0.869. The number of rotatable bonds is 2. The molecule has 0 aromatic heterocycles. The van der Waals surface area contributed by atoms with Gasteiger partial charge in [0, 0.05) is 13.0 Å². The summed E-state index contributed by atoms with van der Waals surface area (Å²) in [5.41, 5.74) is 0. The van der Waals surface area contributed by atoms with Crippen molar-refractivity contribution in [2.24, 2.45) is 11.8 Å². The van der Waals surface area contributed by atoms with Crippen molar-refractivity contribution in [1.29, 1.82) is 0 Å². The molecule has 0 aromatic rings. The molecule has 12 heavy (non-hydrogen) atoms. The number of hydrogen-bond acceptors (Lipinski definition) is 3. The molecule has 0 saturated carbocycles. The Bertz CT molecular complexity index is 124. The Morgan fingerprint density at radius 1 is 1.42 bits per heavy atom. The summed E-state index contributed by atoms with van der Waals surface area (Å²) in [7, 11) is 1.64. The van der Waals surface area contributed by atoms with Crippen LogP contribution in [0.4, 0.5) is 0 Å². The van der Waals surface area contributed by atoms with Crippen molar-refractivity contribution >= 4 is 0 Å². The lowest BCUT2D eigenvalue weighted by Crippen LogP contribution is -2.41. The van der Waals surface area contributed by atoms with E-state index in [9.17, 15) is 0 Å². The van der Waals surface area contributed by atoms with Crippen LogP contribution >= 0.6 is 0 Å². The van der Waals surface area contributed by atoms with E-state index in [0.717, 1.165) is 6.42 Å². The lowest BCUT2D eigenvalue weighted by Gasteiger charge is -2.37. The molecule has 0 radical (unpaired) electrons. The molecule has 72 valence electrons. The van der Waals surface area contributed by atoms with E-state index >= 15 is 0 Å². The van der Waals surface area contributed by atoms with E-state index in [4.69, 9.17) is 14.6 Å². The maximum absolute atomic E-state index is 8.98. The Kier molecular flexibility index (Phi) is 3.50. The van der Waals surface area contributed by atoms with Crippen LogP contribution in [-0.2, 0) is 9.47 Å². The maximum Gasteiger partial charge on any atom is 0.160 e. The summed E-state index contributed by atoms with van der Waals surface area (Å²) >= 11 is 0. The molecule has 1 rings (SSSR count). The van der Waals surface area contributed by atoms with Gasteiger partial charge in [0.05, 0.1) is 12.7 Å². The van der Waals surface area contributed by atoms with Crippen LogP contribution < -0.4 is 0 Å². The molecule has 3 nitrogen and oxygen atoms in total. The van der Waals surface area contributed by atoms with Gasteiger partial charge in [-0.25, -0.2) is 0 Å². The van der Waals surface area contributed by atoms with Gasteiger partial charge in [-0.1, -0.05) is 13.8 Å². The summed E-state index contributed by atoms with van der Waals surface area (Å²) in [5, 5.41) is 8.98. The predicted molar refractivity (Wildman–Crippen MR) is 45.7 cm³/mol. The maximum atomic E-state index is 8.98. The van der Waals surface area contributed by atoms with E-state index in [2.05, 4.69) is 13.8 Å². The van der Waals surface area contributed by atoms with Crippen LogP contribution in [0.1, 0.15) is 20.3 Å². The Morgan fingerprint density at radius 3 is 2.58 bits per heavy atom. The fourth-order valence-electron chi connectivity index (χ4n) is 1.80. The normalized spacial score (nSPS) is 43.0. The van der Waals surface area contributed by atoms with Gasteiger partial charge in [0.25, 0.3) is 0 Å². The highest BCUT2D eigenvalue weighted by atomic mass is 16.7. The topological polar surface area (TPSA) is 38.7 Å².